The average Bonchev–Trinajstić information content (AvgIpc) is 2.59. The molecule has 0 aromatic heterocycles. The molecule has 24 heavy (non-hydrogen) atoms. The fourth-order valence-electron chi connectivity index (χ4n) is 2.14. The van der Waals surface area contributed by atoms with Crippen molar-refractivity contribution in [1.82, 2.24) is 4.90 Å². The normalized spacial score (nSPS) is 10.6. The molecule has 0 unspecified atom stereocenters. The second-order valence-electron chi connectivity index (χ2n) is 5.09. The summed E-state index contributed by atoms with van der Waals surface area (Å²) in [7, 11) is 0. The van der Waals surface area contributed by atoms with E-state index in [0.29, 0.717) is 13.1 Å². The molecule has 0 radical (unpaired) electrons. The highest BCUT2D eigenvalue weighted by Crippen LogP contribution is 2.06. The van der Waals surface area contributed by atoms with Crippen LogP contribution < -0.4 is 11.1 Å². The van der Waals surface area contributed by atoms with Gasteiger partial charge in [-0.15, -0.1) is 24.0 Å². The number of nitrogens with zero attached hydrogens (tertiary/aromatic N) is 2. The molecule has 0 saturated heterocycles. The highest BCUT2D eigenvalue weighted by atomic mass is 127. The van der Waals surface area contributed by atoms with Crippen molar-refractivity contribution in [2.45, 2.75) is 13.5 Å². The molecule has 0 saturated carbocycles. The van der Waals surface area contributed by atoms with Gasteiger partial charge in [0.2, 0.25) is 5.91 Å². The number of likely N-dealkylation sites (N-methyl/N-ethyl adjacent to an activating group) is 1. The molecule has 0 aliphatic carbocycles. The molecule has 3 N–H and O–H groups in total. The van der Waals surface area contributed by atoms with E-state index in [1.807, 2.05) is 67.6 Å². The van der Waals surface area contributed by atoms with Crippen molar-refractivity contribution in [1.29, 1.82) is 0 Å². The minimum atomic E-state index is -0.0471. The van der Waals surface area contributed by atoms with Crippen LogP contribution in [-0.4, -0.2) is 29.9 Å². The number of carbonyl (C=O) groups excluding carboxylic acids is 1. The number of anilines is 1. The number of rotatable bonds is 6. The first-order chi connectivity index (χ1) is 11.2. The lowest BCUT2D eigenvalue weighted by molar-refractivity contribution is -0.130. The van der Waals surface area contributed by atoms with Crippen LogP contribution in [0.15, 0.2) is 65.7 Å². The van der Waals surface area contributed by atoms with E-state index in [1.165, 1.54) is 0 Å². The lowest BCUT2D eigenvalue weighted by atomic mass is 10.2. The second kappa shape index (κ2) is 10.6. The first kappa shape index (κ1) is 20.0. The van der Waals surface area contributed by atoms with Gasteiger partial charge in [-0.25, -0.2) is 4.99 Å². The molecule has 0 aliphatic heterocycles. The Kier molecular flexibility index (Phi) is 8.85. The van der Waals surface area contributed by atoms with Crippen molar-refractivity contribution < 1.29 is 4.79 Å². The SMILES string of the molecule is CCN(Cc1ccccc1)C(=O)CN=C(N)Nc1ccccc1.I. The maximum atomic E-state index is 12.3. The Morgan fingerprint density at radius 2 is 1.67 bits per heavy atom. The number of halogens is 1. The van der Waals surface area contributed by atoms with Gasteiger partial charge in [-0.05, 0) is 24.6 Å². The highest BCUT2D eigenvalue weighted by molar-refractivity contribution is 14.0. The summed E-state index contributed by atoms with van der Waals surface area (Å²) in [4.78, 5) is 18.2. The third-order valence-electron chi connectivity index (χ3n) is 3.38. The van der Waals surface area contributed by atoms with Gasteiger partial charge in [0.1, 0.15) is 6.54 Å². The predicted octanol–water partition coefficient (Wildman–Crippen LogP) is 3.08. The fourth-order valence-corrected chi connectivity index (χ4v) is 2.14. The van der Waals surface area contributed by atoms with Gasteiger partial charge in [0.05, 0.1) is 0 Å². The van der Waals surface area contributed by atoms with Crippen LogP contribution in [-0.2, 0) is 11.3 Å². The van der Waals surface area contributed by atoms with Crippen molar-refractivity contribution in [2.24, 2.45) is 10.7 Å². The number of amides is 1. The summed E-state index contributed by atoms with van der Waals surface area (Å²) in [6.07, 6.45) is 0. The molecule has 6 heteroatoms. The van der Waals surface area contributed by atoms with Gasteiger partial charge in [-0.2, -0.15) is 0 Å². The molecule has 0 fully saturated rings. The molecule has 0 bridgehead atoms. The zero-order valence-corrected chi connectivity index (χ0v) is 16.0. The Labute approximate surface area is 160 Å². The number of hydrogen-bond donors (Lipinski definition) is 2. The van der Waals surface area contributed by atoms with Gasteiger partial charge < -0.3 is 16.0 Å². The van der Waals surface area contributed by atoms with Gasteiger partial charge >= 0.3 is 0 Å². The number of guanidine groups is 1. The fraction of sp³-hybridized carbons (Fsp3) is 0.222. The van der Waals surface area contributed by atoms with E-state index in [2.05, 4.69) is 10.3 Å². The van der Waals surface area contributed by atoms with Gasteiger partial charge in [-0.3, -0.25) is 4.79 Å². The lowest BCUT2D eigenvalue weighted by Gasteiger charge is -2.20. The third-order valence-corrected chi connectivity index (χ3v) is 3.38. The number of nitrogens with one attached hydrogen (secondary N) is 1. The Balaban J connectivity index is 0.00000288. The Morgan fingerprint density at radius 1 is 1.08 bits per heavy atom. The summed E-state index contributed by atoms with van der Waals surface area (Å²) in [5, 5.41) is 2.96. The molecule has 0 aliphatic rings. The second-order valence-corrected chi connectivity index (χ2v) is 5.09. The molecule has 5 nitrogen and oxygen atoms in total. The summed E-state index contributed by atoms with van der Waals surface area (Å²) in [6.45, 7) is 3.20. The molecule has 0 spiro atoms. The van der Waals surface area contributed by atoms with Crippen LogP contribution in [0.5, 0.6) is 0 Å². The predicted molar refractivity (Wildman–Crippen MR) is 110 cm³/mol. The number of para-hydroxylation sites is 1. The van der Waals surface area contributed by atoms with Crippen molar-refractivity contribution in [3.8, 4) is 0 Å². The standard InChI is InChI=1S/C18H22N4O.HI/c1-2-22(14-15-9-5-3-6-10-15)17(23)13-20-18(19)21-16-11-7-4-8-12-16;/h3-12H,2,13-14H2,1H3,(H3,19,20,21);1H. The molecule has 0 heterocycles. The van der Waals surface area contributed by atoms with Gasteiger partial charge in [0, 0.05) is 18.8 Å². The number of carbonyl (C=O) groups is 1. The molecule has 0 atom stereocenters. The van der Waals surface area contributed by atoms with E-state index < -0.39 is 0 Å². The summed E-state index contributed by atoms with van der Waals surface area (Å²) in [5.41, 5.74) is 7.76. The molecule has 2 rings (SSSR count). The summed E-state index contributed by atoms with van der Waals surface area (Å²) >= 11 is 0. The first-order valence-electron chi connectivity index (χ1n) is 7.62. The summed E-state index contributed by atoms with van der Waals surface area (Å²) in [6, 6.07) is 19.4. The van der Waals surface area contributed by atoms with Crippen LogP contribution in [0.25, 0.3) is 0 Å². The summed E-state index contributed by atoms with van der Waals surface area (Å²) < 4.78 is 0. The van der Waals surface area contributed by atoms with Crippen molar-refractivity contribution in [3.05, 3.63) is 66.2 Å². The molecule has 2 aromatic rings. The van der Waals surface area contributed by atoms with Crippen LogP contribution >= 0.6 is 24.0 Å². The molecule has 2 aromatic carbocycles. The van der Waals surface area contributed by atoms with Crippen LogP contribution in [0.2, 0.25) is 0 Å². The van der Waals surface area contributed by atoms with E-state index in [4.69, 9.17) is 5.73 Å². The summed E-state index contributed by atoms with van der Waals surface area (Å²) in [5.74, 6) is 0.189. The van der Waals surface area contributed by atoms with E-state index in [1.54, 1.807) is 4.90 Å². The number of nitrogens with two attached hydrogens (primary N) is 1. The largest absolute Gasteiger partial charge is 0.370 e. The van der Waals surface area contributed by atoms with Gasteiger partial charge in [0.15, 0.2) is 5.96 Å². The smallest absolute Gasteiger partial charge is 0.244 e. The van der Waals surface area contributed by atoms with Crippen molar-refractivity contribution in [2.75, 3.05) is 18.4 Å². The number of aliphatic imine (C=N–C) groups is 1. The number of benzene rings is 2. The Hall–Kier alpha value is -2.09. The van der Waals surface area contributed by atoms with E-state index in [-0.39, 0.29) is 42.4 Å². The van der Waals surface area contributed by atoms with Crippen LogP contribution in [0, 0.1) is 0 Å². The molecular weight excluding hydrogens is 415 g/mol. The molecular formula is C18H23IN4O. The van der Waals surface area contributed by atoms with E-state index >= 15 is 0 Å². The number of hydrogen-bond acceptors (Lipinski definition) is 2. The van der Waals surface area contributed by atoms with Crippen molar-refractivity contribution >= 4 is 41.5 Å². The minimum absolute atomic E-state index is 0. The minimum Gasteiger partial charge on any atom is -0.370 e. The first-order valence-corrected chi connectivity index (χ1v) is 7.62. The highest BCUT2D eigenvalue weighted by Gasteiger charge is 2.11. The monoisotopic (exact) mass is 438 g/mol. The van der Waals surface area contributed by atoms with Gasteiger partial charge in [0.25, 0.3) is 0 Å². The third kappa shape index (κ3) is 6.57. The topological polar surface area (TPSA) is 70.7 Å². The van der Waals surface area contributed by atoms with Gasteiger partial charge in [-0.1, -0.05) is 48.5 Å². The van der Waals surface area contributed by atoms with E-state index in [9.17, 15) is 4.79 Å². The van der Waals surface area contributed by atoms with Crippen LogP contribution in [0.3, 0.4) is 0 Å². The maximum absolute atomic E-state index is 12.3. The average molecular weight is 438 g/mol. The van der Waals surface area contributed by atoms with Crippen LogP contribution in [0.1, 0.15) is 12.5 Å². The lowest BCUT2D eigenvalue weighted by Crippen LogP contribution is -2.33. The quantitative estimate of drug-likeness (QED) is 0.414. The Morgan fingerprint density at radius 3 is 2.25 bits per heavy atom. The molecule has 128 valence electrons. The van der Waals surface area contributed by atoms with E-state index in [0.717, 1.165) is 11.3 Å². The molecule has 1 amide bonds. The Bertz CT molecular complexity index is 647. The zero-order chi connectivity index (χ0) is 16.5. The van der Waals surface area contributed by atoms with Crippen LogP contribution in [0.4, 0.5) is 5.69 Å². The maximum Gasteiger partial charge on any atom is 0.244 e. The van der Waals surface area contributed by atoms with Crippen molar-refractivity contribution in [3.63, 3.8) is 0 Å². The zero-order valence-electron chi connectivity index (χ0n) is 13.7.